The Morgan fingerprint density at radius 1 is 0.923 bits per heavy atom. The van der Waals surface area contributed by atoms with E-state index < -0.39 is 11.8 Å². The molecule has 0 aliphatic carbocycles. The predicted octanol–water partition coefficient (Wildman–Crippen LogP) is 3.43. The van der Waals surface area contributed by atoms with Gasteiger partial charge in [-0.2, -0.15) is 0 Å². The van der Waals surface area contributed by atoms with Crippen molar-refractivity contribution >= 4 is 43.7 Å². The lowest BCUT2D eigenvalue weighted by atomic mass is 10.1. The monoisotopic (exact) mass is 484 g/mol. The van der Waals surface area contributed by atoms with Crippen molar-refractivity contribution in [3.8, 4) is 11.5 Å². The molecule has 26 heavy (non-hydrogen) atoms. The Morgan fingerprint density at radius 2 is 1.50 bits per heavy atom. The molecule has 8 heteroatoms. The van der Waals surface area contributed by atoms with E-state index >= 15 is 0 Å². The number of hydrogen-bond acceptors (Lipinski definition) is 4. The van der Waals surface area contributed by atoms with Crippen LogP contribution in [-0.2, 0) is 9.59 Å². The van der Waals surface area contributed by atoms with Crippen LogP contribution in [0.15, 0.2) is 45.3 Å². The molecule has 0 heterocycles. The first-order chi connectivity index (χ1) is 12.4. The second-order valence-corrected chi connectivity index (χ2v) is 7.24. The number of rotatable bonds is 6. The van der Waals surface area contributed by atoms with Crippen LogP contribution in [0.4, 0.5) is 0 Å². The fourth-order valence-electron chi connectivity index (χ4n) is 2.11. The summed E-state index contributed by atoms with van der Waals surface area (Å²) in [4.78, 5) is 23.6. The van der Waals surface area contributed by atoms with E-state index in [1.807, 2.05) is 32.0 Å². The number of para-hydroxylation sites is 1. The van der Waals surface area contributed by atoms with E-state index in [-0.39, 0.29) is 13.2 Å². The number of halogens is 2. The van der Waals surface area contributed by atoms with Gasteiger partial charge < -0.3 is 9.47 Å². The van der Waals surface area contributed by atoms with Crippen LogP contribution in [0.5, 0.6) is 11.5 Å². The molecule has 6 nitrogen and oxygen atoms in total. The SMILES string of the molecule is Cc1cccc(C)c1OCC(=O)NNC(=O)COc1ccc(Br)cc1Br. The Morgan fingerprint density at radius 3 is 2.08 bits per heavy atom. The Hall–Kier alpha value is -2.06. The molecule has 0 spiro atoms. The van der Waals surface area contributed by atoms with Crippen LogP contribution < -0.4 is 20.3 Å². The third-order valence-electron chi connectivity index (χ3n) is 3.35. The lowest BCUT2D eigenvalue weighted by molar-refractivity contribution is -0.131. The van der Waals surface area contributed by atoms with E-state index in [4.69, 9.17) is 9.47 Å². The van der Waals surface area contributed by atoms with Gasteiger partial charge in [0, 0.05) is 4.47 Å². The van der Waals surface area contributed by atoms with Gasteiger partial charge in [0.15, 0.2) is 13.2 Å². The van der Waals surface area contributed by atoms with Crippen molar-refractivity contribution in [2.75, 3.05) is 13.2 Å². The highest BCUT2D eigenvalue weighted by Crippen LogP contribution is 2.28. The van der Waals surface area contributed by atoms with Gasteiger partial charge in [-0.15, -0.1) is 0 Å². The molecule has 0 atom stereocenters. The number of ether oxygens (including phenoxy) is 2. The number of hydrogen-bond donors (Lipinski definition) is 2. The third kappa shape index (κ3) is 6.03. The maximum absolute atomic E-state index is 11.8. The predicted molar refractivity (Wildman–Crippen MR) is 105 cm³/mol. The number of amides is 2. The Kier molecular flexibility index (Phi) is 7.47. The minimum atomic E-state index is -0.486. The van der Waals surface area contributed by atoms with E-state index in [1.165, 1.54) is 0 Å². The van der Waals surface area contributed by atoms with Crippen molar-refractivity contribution in [3.63, 3.8) is 0 Å². The summed E-state index contributed by atoms with van der Waals surface area (Å²) < 4.78 is 12.5. The van der Waals surface area contributed by atoms with Gasteiger partial charge in [-0.3, -0.25) is 20.4 Å². The maximum atomic E-state index is 11.8. The topological polar surface area (TPSA) is 76.7 Å². The molecule has 0 bridgehead atoms. The van der Waals surface area contributed by atoms with Crippen LogP contribution in [0.2, 0.25) is 0 Å². The summed E-state index contributed by atoms with van der Waals surface area (Å²) in [6.45, 7) is 3.36. The Balaban J connectivity index is 1.74. The van der Waals surface area contributed by atoms with Gasteiger partial charge in [0.1, 0.15) is 11.5 Å². The zero-order chi connectivity index (χ0) is 19.1. The smallest absolute Gasteiger partial charge is 0.276 e. The molecule has 138 valence electrons. The first-order valence-corrected chi connectivity index (χ1v) is 9.30. The molecule has 0 saturated carbocycles. The molecule has 2 aromatic carbocycles. The van der Waals surface area contributed by atoms with Crippen LogP contribution >= 0.6 is 31.9 Å². The number of hydrazine groups is 1. The van der Waals surface area contributed by atoms with Crippen molar-refractivity contribution in [1.29, 1.82) is 0 Å². The number of nitrogens with one attached hydrogen (secondary N) is 2. The van der Waals surface area contributed by atoms with E-state index in [9.17, 15) is 9.59 Å². The fraction of sp³-hybridized carbons (Fsp3) is 0.222. The number of aryl methyl sites for hydroxylation is 2. The Bertz CT molecular complexity index is 792. The first-order valence-electron chi connectivity index (χ1n) is 7.71. The Labute approximate surface area is 168 Å². The molecule has 0 unspecified atom stereocenters. The van der Waals surface area contributed by atoms with E-state index in [0.29, 0.717) is 16.0 Å². The lowest BCUT2D eigenvalue weighted by Gasteiger charge is -2.13. The van der Waals surface area contributed by atoms with Crippen LogP contribution in [0.25, 0.3) is 0 Å². The van der Waals surface area contributed by atoms with Crippen LogP contribution in [-0.4, -0.2) is 25.0 Å². The lowest BCUT2D eigenvalue weighted by Crippen LogP contribution is -2.45. The molecular weight excluding hydrogens is 468 g/mol. The van der Waals surface area contributed by atoms with E-state index in [0.717, 1.165) is 15.6 Å². The molecule has 2 rings (SSSR count). The van der Waals surface area contributed by atoms with Crippen molar-refractivity contribution in [3.05, 3.63) is 56.5 Å². The number of carbonyl (C=O) groups excluding carboxylic acids is 2. The van der Waals surface area contributed by atoms with Gasteiger partial charge in [0.25, 0.3) is 11.8 Å². The zero-order valence-electron chi connectivity index (χ0n) is 14.3. The second kappa shape index (κ2) is 9.59. The molecule has 2 aromatic rings. The molecular formula is C18H18Br2N2O4. The highest BCUT2D eigenvalue weighted by molar-refractivity contribution is 9.11. The summed E-state index contributed by atoms with van der Waals surface area (Å²) in [5, 5.41) is 0. The average molecular weight is 486 g/mol. The normalized spacial score (nSPS) is 10.2. The molecule has 0 saturated heterocycles. The summed E-state index contributed by atoms with van der Waals surface area (Å²) in [5.41, 5.74) is 6.45. The van der Waals surface area contributed by atoms with Crippen molar-refractivity contribution < 1.29 is 19.1 Å². The van der Waals surface area contributed by atoms with Gasteiger partial charge >= 0.3 is 0 Å². The highest BCUT2D eigenvalue weighted by Gasteiger charge is 2.10. The zero-order valence-corrected chi connectivity index (χ0v) is 17.4. The molecule has 0 aliphatic rings. The average Bonchev–Trinajstić information content (AvgIpc) is 2.58. The van der Waals surface area contributed by atoms with Crippen LogP contribution in [0.1, 0.15) is 11.1 Å². The molecule has 0 radical (unpaired) electrons. The summed E-state index contributed by atoms with van der Waals surface area (Å²) in [7, 11) is 0. The standard InChI is InChI=1S/C18H18Br2N2O4/c1-11-4-3-5-12(2)18(11)26-10-17(24)22-21-16(23)9-25-15-7-6-13(19)8-14(15)20/h3-8H,9-10H2,1-2H3,(H,21,23)(H,22,24). The molecule has 0 aliphatic heterocycles. The number of carbonyl (C=O) groups is 2. The van der Waals surface area contributed by atoms with Gasteiger partial charge in [0.2, 0.25) is 0 Å². The van der Waals surface area contributed by atoms with Crippen molar-refractivity contribution in [2.45, 2.75) is 13.8 Å². The fourth-order valence-corrected chi connectivity index (χ4v) is 3.27. The second-order valence-electron chi connectivity index (χ2n) is 5.47. The summed E-state index contributed by atoms with van der Waals surface area (Å²) >= 11 is 6.67. The van der Waals surface area contributed by atoms with Crippen molar-refractivity contribution in [2.24, 2.45) is 0 Å². The van der Waals surface area contributed by atoms with Gasteiger partial charge in [-0.05, 0) is 59.1 Å². The van der Waals surface area contributed by atoms with Gasteiger partial charge in [-0.1, -0.05) is 34.1 Å². The maximum Gasteiger partial charge on any atom is 0.276 e. The van der Waals surface area contributed by atoms with E-state index in [1.54, 1.807) is 18.2 Å². The minimum Gasteiger partial charge on any atom is -0.483 e. The quantitative estimate of drug-likeness (QED) is 0.614. The minimum absolute atomic E-state index is 0.203. The molecule has 2 N–H and O–H groups in total. The largest absolute Gasteiger partial charge is 0.483 e. The summed E-state index contributed by atoms with van der Waals surface area (Å²) in [6, 6.07) is 11.0. The van der Waals surface area contributed by atoms with Gasteiger partial charge in [-0.25, -0.2) is 0 Å². The van der Waals surface area contributed by atoms with Crippen LogP contribution in [0, 0.1) is 13.8 Å². The highest BCUT2D eigenvalue weighted by atomic mass is 79.9. The van der Waals surface area contributed by atoms with Crippen molar-refractivity contribution in [1.82, 2.24) is 10.9 Å². The third-order valence-corrected chi connectivity index (χ3v) is 4.46. The first kappa shape index (κ1) is 20.3. The van der Waals surface area contributed by atoms with Crippen LogP contribution in [0.3, 0.4) is 0 Å². The summed E-state index contributed by atoms with van der Waals surface area (Å²) in [5.74, 6) is 0.233. The van der Waals surface area contributed by atoms with E-state index in [2.05, 4.69) is 42.7 Å². The molecule has 0 aromatic heterocycles. The molecule has 2 amide bonds. The number of benzene rings is 2. The molecule has 0 fully saturated rings. The van der Waals surface area contributed by atoms with Gasteiger partial charge in [0.05, 0.1) is 4.47 Å². The summed E-state index contributed by atoms with van der Waals surface area (Å²) in [6.07, 6.45) is 0.